The van der Waals surface area contributed by atoms with Crippen molar-refractivity contribution in [2.24, 2.45) is 11.8 Å². The molecule has 152 valence electrons. The zero-order valence-corrected chi connectivity index (χ0v) is 17.1. The standard InChI is InChI=1S/C24H29N3O2/c1-26(17-20-3-2-12-25-16-20)23(28)21-6-4-18(5-7-21)15-19-10-13-27(14-11-19)24(29)22-8-9-22/h2-7,12,16,19,22H,8-11,13-15,17H2,1H3. The summed E-state index contributed by atoms with van der Waals surface area (Å²) >= 11 is 0. The van der Waals surface area contributed by atoms with E-state index in [1.807, 2.05) is 31.3 Å². The van der Waals surface area contributed by atoms with Gasteiger partial charge in [0.1, 0.15) is 0 Å². The maximum atomic E-state index is 12.7. The molecule has 1 aliphatic heterocycles. The van der Waals surface area contributed by atoms with E-state index >= 15 is 0 Å². The number of carbonyl (C=O) groups is 2. The van der Waals surface area contributed by atoms with Gasteiger partial charge in [0.2, 0.25) is 5.91 Å². The molecule has 1 saturated carbocycles. The zero-order chi connectivity index (χ0) is 20.2. The van der Waals surface area contributed by atoms with Gasteiger partial charge in [-0.15, -0.1) is 0 Å². The first-order valence-corrected chi connectivity index (χ1v) is 10.6. The van der Waals surface area contributed by atoms with Gasteiger partial charge in [0.25, 0.3) is 5.91 Å². The highest BCUT2D eigenvalue weighted by Gasteiger charge is 2.34. The van der Waals surface area contributed by atoms with Crippen molar-refractivity contribution in [1.82, 2.24) is 14.8 Å². The van der Waals surface area contributed by atoms with Crippen LogP contribution in [0.2, 0.25) is 0 Å². The van der Waals surface area contributed by atoms with Crippen LogP contribution < -0.4 is 0 Å². The first-order valence-electron chi connectivity index (χ1n) is 10.6. The molecule has 0 spiro atoms. The number of carbonyl (C=O) groups excluding carboxylic acids is 2. The fourth-order valence-electron chi connectivity index (χ4n) is 4.12. The Balaban J connectivity index is 1.27. The van der Waals surface area contributed by atoms with E-state index in [0.29, 0.717) is 29.9 Å². The van der Waals surface area contributed by atoms with Crippen molar-refractivity contribution >= 4 is 11.8 Å². The summed E-state index contributed by atoms with van der Waals surface area (Å²) in [6.07, 6.45) is 8.86. The van der Waals surface area contributed by atoms with Crippen molar-refractivity contribution in [1.29, 1.82) is 0 Å². The fraction of sp³-hybridized carbons (Fsp3) is 0.458. The van der Waals surface area contributed by atoms with Crippen molar-refractivity contribution < 1.29 is 9.59 Å². The maximum absolute atomic E-state index is 12.7. The van der Waals surface area contributed by atoms with Gasteiger partial charge in [0.15, 0.2) is 0 Å². The third-order valence-electron chi connectivity index (χ3n) is 6.07. The van der Waals surface area contributed by atoms with Crippen molar-refractivity contribution in [3.8, 4) is 0 Å². The van der Waals surface area contributed by atoms with Crippen molar-refractivity contribution in [3.63, 3.8) is 0 Å². The lowest BCUT2D eigenvalue weighted by atomic mass is 9.89. The SMILES string of the molecule is CN(Cc1cccnc1)C(=O)c1ccc(CC2CCN(C(=O)C3CC3)CC2)cc1. The Morgan fingerprint density at radius 3 is 2.38 bits per heavy atom. The Bertz CT molecular complexity index is 838. The van der Waals surface area contributed by atoms with Gasteiger partial charge >= 0.3 is 0 Å². The van der Waals surface area contributed by atoms with Gasteiger partial charge in [-0.3, -0.25) is 14.6 Å². The molecular formula is C24H29N3O2. The van der Waals surface area contributed by atoms with Gasteiger partial charge in [-0.25, -0.2) is 0 Å². The summed E-state index contributed by atoms with van der Waals surface area (Å²) in [4.78, 5) is 32.7. The van der Waals surface area contributed by atoms with Crippen molar-refractivity contribution in [3.05, 3.63) is 65.5 Å². The summed E-state index contributed by atoms with van der Waals surface area (Å²) in [6, 6.07) is 11.9. The molecule has 2 aromatic rings. The van der Waals surface area contributed by atoms with E-state index in [0.717, 1.165) is 50.8 Å². The van der Waals surface area contributed by atoms with Gasteiger partial charge in [-0.2, -0.15) is 0 Å². The van der Waals surface area contributed by atoms with Crippen molar-refractivity contribution in [2.45, 2.75) is 38.6 Å². The van der Waals surface area contributed by atoms with Crippen LogP contribution in [0.25, 0.3) is 0 Å². The Morgan fingerprint density at radius 1 is 1.03 bits per heavy atom. The molecule has 2 aliphatic rings. The summed E-state index contributed by atoms with van der Waals surface area (Å²) in [5, 5.41) is 0. The first kappa shape index (κ1) is 19.6. The second kappa shape index (κ2) is 8.76. The second-order valence-corrected chi connectivity index (χ2v) is 8.47. The minimum absolute atomic E-state index is 0.0206. The van der Waals surface area contributed by atoms with Gasteiger partial charge in [-0.05, 0) is 67.3 Å². The summed E-state index contributed by atoms with van der Waals surface area (Å²) in [6.45, 7) is 2.35. The second-order valence-electron chi connectivity index (χ2n) is 8.47. The molecule has 0 unspecified atom stereocenters. The molecule has 29 heavy (non-hydrogen) atoms. The van der Waals surface area contributed by atoms with Crippen LogP contribution in [0, 0.1) is 11.8 Å². The number of nitrogens with zero attached hydrogens (tertiary/aromatic N) is 3. The molecule has 1 aromatic heterocycles. The van der Waals surface area contributed by atoms with E-state index in [1.165, 1.54) is 5.56 Å². The summed E-state index contributed by atoms with van der Waals surface area (Å²) in [5.41, 5.74) is 3.00. The molecule has 4 rings (SSSR count). The molecule has 1 aromatic carbocycles. The quantitative estimate of drug-likeness (QED) is 0.757. The number of piperidine rings is 1. The number of hydrogen-bond acceptors (Lipinski definition) is 3. The molecule has 0 bridgehead atoms. The molecule has 0 atom stereocenters. The van der Waals surface area contributed by atoms with E-state index in [9.17, 15) is 9.59 Å². The molecule has 0 N–H and O–H groups in total. The van der Waals surface area contributed by atoms with Crippen molar-refractivity contribution in [2.75, 3.05) is 20.1 Å². The molecular weight excluding hydrogens is 362 g/mol. The number of likely N-dealkylation sites (tertiary alicyclic amines) is 1. The van der Waals surface area contributed by atoms with Crippen LogP contribution in [0.4, 0.5) is 0 Å². The minimum Gasteiger partial charge on any atom is -0.342 e. The van der Waals surface area contributed by atoms with E-state index in [4.69, 9.17) is 0 Å². The van der Waals surface area contributed by atoms with Gasteiger partial charge in [0.05, 0.1) is 0 Å². The molecule has 2 amide bonds. The van der Waals surface area contributed by atoms with E-state index < -0.39 is 0 Å². The molecule has 1 aliphatic carbocycles. The lowest BCUT2D eigenvalue weighted by Gasteiger charge is -2.32. The largest absolute Gasteiger partial charge is 0.342 e. The average Bonchev–Trinajstić information content (AvgIpc) is 3.60. The van der Waals surface area contributed by atoms with E-state index in [2.05, 4.69) is 22.0 Å². The number of amides is 2. The molecule has 5 heteroatoms. The van der Waals surface area contributed by atoms with Crippen LogP contribution in [-0.2, 0) is 17.8 Å². The van der Waals surface area contributed by atoms with Crippen LogP contribution in [0.15, 0.2) is 48.8 Å². The van der Waals surface area contributed by atoms with Crippen LogP contribution in [0.5, 0.6) is 0 Å². The fourth-order valence-corrected chi connectivity index (χ4v) is 4.12. The summed E-state index contributed by atoms with van der Waals surface area (Å²) in [7, 11) is 1.82. The van der Waals surface area contributed by atoms with Gasteiger partial charge in [-0.1, -0.05) is 18.2 Å². The predicted octanol–water partition coefficient (Wildman–Crippen LogP) is 3.54. The van der Waals surface area contributed by atoms with Crippen LogP contribution >= 0.6 is 0 Å². The Morgan fingerprint density at radius 2 is 1.76 bits per heavy atom. The molecule has 1 saturated heterocycles. The lowest BCUT2D eigenvalue weighted by molar-refractivity contribution is -0.133. The number of hydrogen-bond donors (Lipinski definition) is 0. The Kier molecular flexibility index (Phi) is 5.93. The highest BCUT2D eigenvalue weighted by atomic mass is 16.2. The number of rotatable bonds is 6. The molecule has 5 nitrogen and oxygen atoms in total. The smallest absolute Gasteiger partial charge is 0.253 e. The lowest BCUT2D eigenvalue weighted by Crippen LogP contribution is -2.39. The van der Waals surface area contributed by atoms with Gasteiger partial charge < -0.3 is 9.80 Å². The third kappa shape index (κ3) is 5.03. The highest BCUT2D eigenvalue weighted by Crippen LogP contribution is 2.33. The third-order valence-corrected chi connectivity index (χ3v) is 6.07. The monoisotopic (exact) mass is 391 g/mol. The molecule has 2 heterocycles. The summed E-state index contributed by atoms with van der Waals surface area (Å²) in [5.74, 6) is 1.34. The number of benzene rings is 1. The normalized spacial score (nSPS) is 17.2. The number of aromatic nitrogens is 1. The average molecular weight is 392 g/mol. The zero-order valence-electron chi connectivity index (χ0n) is 17.1. The number of pyridine rings is 1. The van der Waals surface area contributed by atoms with Crippen LogP contribution in [-0.4, -0.2) is 46.7 Å². The van der Waals surface area contributed by atoms with Gasteiger partial charge in [0, 0.05) is 50.6 Å². The Labute approximate surface area is 172 Å². The first-order chi connectivity index (χ1) is 14.1. The minimum atomic E-state index is 0.0206. The predicted molar refractivity (Wildman–Crippen MR) is 112 cm³/mol. The van der Waals surface area contributed by atoms with Crippen LogP contribution in [0.3, 0.4) is 0 Å². The topological polar surface area (TPSA) is 53.5 Å². The highest BCUT2D eigenvalue weighted by molar-refractivity contribution is 5.94. The Hall–Kier alpha value is -2.69. The van der Waals surface area contributed by atoms with Crippen LogP contribution in [0.1, 0.15) is 47.2 Å². The molecule has 2 fully saturated rings. The molecule has 0 radical (unpaired) electrons. The maximum Gasteiger partial charge on any atom is 0.253 e. The summed E-state index contributed by atoms with van der Waals surface area (Å²) < 4.78 is 0. The van der Waals surface area contributed by atoms with E-state index in [-0.39, 0.29) is 5.91 Å². The van der Waals surface area contributed by atoms with E-state index in [1.54, 1.807) is 17.3 Å².